The van der Waals surface area contributed by atoms with Gasteiger partial charge in [-0.1, -0.05) is 68.3 Å². The molecule has 8 heteroatoms. The fourth-order valence-electron chi connectivity index (χ4n) is 5.38. The van der Waals surface area contributed by atoms with Crippen molar-refractivity contribution >= 4 is 11.6 Å². The Kier molecular flexibility index (Phi) is 12.8. The van der Waals surface area contributed by atoms with Gasteiger partial charge in [-0.05, 0) is 71.9 Å². The number of phenolic OH excluding ortho intramolecular Hbond substituents is 2. The van der Waals surface area contributed by atoms with Crippen LogP contribution in [0.5, 0.6) is 17.2 Å². The van der Waals surface area contributed by atoms with Gasteiger partial charge in [0.25, 0.3) is 0 Å². The number of benzene rings is 3. The number of aromatic nitrogens is 1. The summed E-state index contributed by atoms with van der Waals surface area (Å²) in [6.45, 7) is 2.43. The lowest BCUT2D eigenvalue weighted by Crippen LogP contribution is -2.20. The topological polar surface area (TPSA) is 152 Å². The van der Waals surface area contributed by atoms with Crippen LogP contribution in [0.1, 0.15) is 95.7 Å². The molecule has 3 aromatic carbocycles. The first-order valence-electron chi connectivity index (χ1n) is 16.0. The fourth-order valence-corrected chi connectivity index (χ4v) is 5.38. The van der Waals surface area contributed by atoms with E-state index in [1.165, 1.54) is 6.42 Å². The van der Waals surface area contributed by atoms with Gasteiger partial charge in [0.15, 0.2) is 23.1 Å². The average Bonchev–Trinajstić information content (AvgIpc) is 3.60. The zero-order valence-corrected chi connectivity index (χ0v) is 26.5. The lowest BCUT2D eigenvalue weighted by Gasteiger charge is -2.20. The standard InChI is InChI=1S/C38H45N3O5/c1-2-3-4-5-6-7-31(42)15-8-26-10-17-35(44)37(23-26)46-21-19-27-9-16-34(43)33(22-27)32(24-36(45)30-18-20-41-25-30)28-11-13-29(14-12-28)38(39)40/h6-7,9-14,16-18,20,22-23,25,32,38,41,43-44H,2-5,8,15,19,21,24,39-40H2,1H3. The Morgan fingerprint density at radius 3 is 2.30 bits per heavy atom. The zero-order valence-electron chi connectivity index (χ0n) is 26.5. The second-order valence-electron chi connectivity index (χ2n) is 11.6. The number of carbonyl (C=O) groups is 2. The minimum atomic E-state index is -0.615. The van der Waals surface area contributed by atoms with E-state index >= 15 is 0 Å². The monoisotopic (exact) mass is 623 g/mol. The number of H-pyrrole nitrogens is 1. The quantitative estimate of drug-likeness (QED) is 0.0346. The number of hydrogen-bond donors (Lipinski definition) is 5. The summed E-state index contributed by atoms with van der Waals surface area (Å²) in [5.41, 5.74) is 16.3. The number of ether oxygens (including phenoxy) is 1. The van der Waals surface area contributed by atoms with Gasteiger partial charge in [0.1, 0.15) is 5.75 Å². The van der Waals surface area contributed by atoms with Crippen LogP contribution < -0.4 is 16.2 Å². The molecule has 0 fully saturated rings. The largest absolute Gasteiger partial charge is 0.508 e. The number of Topliss-reactive ketones (excluding diaryl/α,β-unsaturated/α-hetero) is 1. The third-order valence-electron chi connectivity index (χ3n) is 8.11. The highest BCUT2D eigenvalue weighted by Gasteiger charge is 2.23. The molecule has 0 spiro atoms. The van der Waals surface area contributed by atoms with Crippen LogP contribution in [0.3, 0.4) is 0 Å². The number of ketones is 2. The van der Waals surface area contributed by atoms with Crippen molar-refractivity contribution in [3.8, 4) is 17.2 Å². The molecule has 0 saturated carbocycles. The summed E-state index contributed by atoms with van der Waals surface area (Å²) < 4.78 is 5.96. The van der Waals surface area contributed by atoms with E-state index in [0.717, 1.165) is 41.5 Å². The first-order chi connectivity index (χ1) is 22.2. The Balaban J connectivity index is 1.43. The van der Waals surface area contributed by atoms with Crippen LogP contribution in [0.2, 0.25) is 0 Å². The number of aromatic hydroxyl groups is 2. The summed E-state index contributed by atoms with van der Waals surface area (Å²) in [5, 5.41) is 21.4. The highest BCUT2D eigenvalue weighted by molar-refractivity contribution is 5.96. The van der Waals surface area contributed by atoms with Crippen molar-refractivity contribution in [3.63, 3.8) is 0 Å². The minimum Gasteiger partial charge on any atom is -0.508 e. The number of rotatable bonds is 18. The molecule has 1 atom stereocenters. The molecule has 0 radical (unpaired) electrons. The molecule has 1 unspecified atom stereocenters. The summed E-state index contributed by atoms with van der Waals surface area (Å²) >= 11 is 0. The molecule has 1 heterocycles. The van der Waals surface area contributed by atoms with Gasteiger partial charge in [0, 0.05) is 48.7 Å². The second-order valence-corrected chi connectivity index (χ2v) is 11.6. The molecule has 242 valence electrons. The lowest BCUT2D eigenvalue weighted by atomic mass is 9.84. The molecule has 4 aromatic rings. The molecule has 0 aliphatic heterocycles. The maximum Gasteiger partial charge on any atom is 0.165 e. The SMILES string of the molecule is CCCCCC=CC(=O)CCc1ccc(O)c(OCCc2ccc(O)c(C(CC(=O)c3cc[nH]c3)c3ccc(C(N)N)cc3)c2)c1. The summed E-state index contributed by atoms with van der Waals surface area (Å²) in [4.78, 5) is 28.4. The van der Waals surface area contributed by atoms with Crippen molar-refractivity contribution in [1.82, 2.24) is 4.98 Å². The van der Waals surface area contributed by atoms with Gasteiger partial charge in [0.2, 0.25) is 0 Å². The third kappa shape index (κ3) is 9.92. The predicted octanol–water partition coefficient (Wildman–Crippen LogP) is 7.01. The molecule has 46 heavy (non-hydrogen) atoms. The molecule has 7 N–H and O–H groups in total. The number of allylic oxidation sites excluding steroid dienone is 2. The van der Waals surface area contributed by atoms with Crippen LogP contribution in [0.15, 0.2) is 91.3 Å². The molecular weight excluding hydrogens is 578 g/mol. The Labute approximate surface area is 271 Å². The number of nitrogens with one attached hydrogen (secondary N) is 1. The highest BCUT2D eigenvalue weighted by Crippen LogP contribution is 2.36. The van der Waals surface area contributed by atoms with E-state index < -0.39 is 12.1 Å². The predicted molar refractivity (Wildman–Crippen MR) is 181 cm³/mol. The van der Waals surface area contributed by atoms with Crippen LogP contribution in [0, 0.1) is 0 Å². The lowest BCUT2D eigenvalue weighted by molar-refractivity contribution is -0.114. The van der Waals surface area contributed by atoms with E-state index in [9.17, 15) is 19.8 Å². The summed E-state index contributed by atoms with van der Waals surface area (Å²) in [5.74, 6) is 0.0856. The first-order valence-corrected chi connectivity index (χ1v) is 16.0. The summed E-state index contributed by atoms with van der Waals surface area (Å²) in [6.07, 6.45) is 12.3. The summed E-state index contributed by atoms with van der Waals surface area (Å²) in [7, 11) is 0. The smallest absolute Gasteiger partial charge is 0.165 e. The highest BCUT2D eigenvalue weighted by atomic mass is 16.5. The van der Waals surface area contributed by atoms with Crippen molar-refractivity contribution < 1.29 is 24.5 Å². The second kappa shape index (κ2) is 17.1. The number of nitrogens with two attached hydrogens (primary N) is 2. The molecule has 8 nitrogen and oxygen atoms in total. The van der Waals surface area contributed by atoms with Crippen LogP contribution in [0.25, 0.3) is 0 Å². The average molecular weight is 624 g/mol. The van der Waals surface area contributed by atoms with E-state index in [1.54, 1.807) is 48.8 Å². The molecule has 0 saturated heterocycles. The van der Waals surface area contributed by atoms with Crippen molar-refractivity contribution in [1.29, 1.82) is 0 Å². The van der Waals surface area contributed by atoms with Crippen LogP contribution in [0.4, 0.5) is 0 Å². The number of phenols is 2. The van der Waals surface area contributed by atoms with E-state index in [0.29, 0.717) is 36.1 Å². The number of aromatic amines is 1. The Bertz CT molecular complexity index is 1590. The Morgan fingerprint density at radius 2 is 1.61 bits per heavy atom. The van der Waals surface area contributed by atoms with Gasteiger partial charge < -0.3 is 31.4 Å². The number of aryl methyl sites for hydroxylation is 1. The molecular formula is C38H45N3O5. The Hall–Kier alpha value is -4.66. The van der Waals surface area contributed by atoms with Crippen molar-refractivity contribution in [2.45, 2.75) is 70.4 Å². The van der Waals surface area contributed by atoms with Gasteiger partial charge in [0.05, 0.1) is 12.8 Å². The molecule has 4 rings (SSSR count). The maximum absolute atomic E-state index is 13.2. The van der Waals surface area contributed by atoms with Gasteiger partial charge in [-0.2, -0.15) is 0 Å². The van der Waals surface area contributed by atoms with Gasteiger partial charge in [-0.15, -0.1) is 0 Å². The van der Waals surface area contributed by atoms with Crippen LogP contribution >= 0.6 is 0 Å². The molecule has 1 aromatic heterocycles. The molecule has 0 amide bonds. The van der Waals surface area contributed by atoms with Crippen molar-refractivity contribution in [3.05, 3.63) is 125 Å². The van der Waals surface area contributed by atoms with Gasteiger partial charge in [-0.3, -0.25) is 9.59 Å². The van der Waals surface area contributed by atoms with Gasteiger partial charge in [-0.25, -0.2) is 0 Å². The normalized spacial score (nSPS) is 12.1. The number of unbranched alkanes of at least 4 members (excludes halogenated alkanes) is 3. The number of carbonyl (C=O) groups excluding carboxylic acids is 2. The van der Waals surface area contributed by atoms with Crippen LogP contribution in [-0.4, -0.2) is 33.4 Å². The van der Waals surface area contributed by atoms with E-state index in [1.807, 2.05) is 42.5 Å². The summed E-state index contributed by atoms with van der Waals surface area (Å²) in [6, 6.07) is 19.7. The Morgan fingerprint density at radius 1 is 0.891 bits per heavy atom. The minimum absolute atomic E-state index is 0.0290. The van der Waals surface area contributed by atoms with Gasteiger partial charge >= 0.3 is 0 Å². The molecule has 0 bridgehead atoms. The third-order valence-corrected chi connectivity index (χ3v) is 8.11. The maximum atomic E-state index is 13.2. The van der Waals surface area contributed by atoms with Crippen molar-refractivity contribution in [2.75, 3.05) is 6.61 Å². The first kappa shape index (κ1) is 34.2. The van der Waals surface area contributed by atoms with E-state index in [2.05, 4.69) is 11.9 Å². The van der Waals surface area contributed by atoms with Crippen LogP contribution in [-0.2, 0) is 17.6 Å². The van der Waals surface area contributed by atoms with Crippen molar-refractivity contribution in [2.24, 2.45) is 11.5 Å². The molecule has 0 aliphatic carbocycles. The zero-order chi connectivity index (χ0) is 32.9. The molecule has 0 aliphatic rings. The van der Waals surface area contributed by atoms with E-state index in [-0.39, 0.29) is 36.1 Å². The number of hydrogen-bond acceptors (Lipinski definition) is 7. The van der Waals surface area contributed by atoms with E-state index in [4.69, 9.17) is 16.2 Å². The fraction of sp³-hybridized carbons (Fsp3) is 0.316.